The number of hydrogen-bond donors (Lipinski definition) is 2. The summed E-state index contributed by atoms with van der Waals surface area (Å²) in [6, 6.07) is 0.631. The van der Waals surface area contributed by atoms with E-state index in [9.17, 15) is 18.0 Å². The quantitative estimate of drug-likeness (QED) is 0.834. The minimum absolute atomic E-state index is 0.0193. The fourth-order valence-electron chi connectivity index (χ4n) is 2.49. The summed E-state index contributed by atoms with van der Waals surface area (Å²) in [5.41, 5.74) is 8.85. The van der Waals surface area contributed by atoms with Crippen molar-refractivity contribution in [2.24, 2.45) is 5.73 Å². The van der Waals surface area contributed by atoms with Gasteiger partial charge in [-0.3, -0.25) is 9.80 Å². The van der Waals surface area contributed by atoms with Crippen LogP contribution in [-0.2, 0) is 11.2 Å². The van der Waals surface area contributed by atoms with Crippen molar-refractivity contribution in [1.82, 2.24) is 10.4 Å². The van der Waals surface area contributed by atoms with Crippen LogP contribution in [0.15, 0.2) is 12.1 Å². The number of hydrogen-bond acceptors (Lipinski definition) is 3. The first-order chi connectivity index (χ1) is 10.5. The highest BCUT2D eigenvalue weighted by Crippen LogP contribution is 2.16. The molecule has 22 heavy (non-hydrogen) atoms. The number of rotatable bonds is 4. The summed E-state index contributed by atoms with van der Waals surface area (Å²) < 4.78 is 39.6. The second kappa shape index (κ2) is 7.60. The molecule has 1 aliphatic heterocycles. The van der Waals surface area contributed by atoms with Gasteiger partial charge in [0.1, 0.15) is 5.82 Å². The predicted molar refractivity (Wildman–Crippen MR) is 76.2 cm³/mol. The fraction of sp³-hybridized carbons (Fsp3) is 0.533. The van der Waals surface area contributed by atoms with Gasteiger partial charge in [-0.05, 0) is 30.9 Å². The zero-order chi connectivity index (χ0) is 16.1. The molecule has 2 rings (SSSR count). The monoisotopic (exact) mass is 315 g/mol. The van der Waals surface area contributed by atoms with Gasteiger partial charge >= 0.3 is 0 Å². The van der Waals surface area contributed by atoms with Gasteiger partial charge in [0.2, 0.25) is 5.91 Å². The van der Waals surface area contributed by atoms with E-state index in [0.29, 0.717) is 12.6 Å². The Balaban J connectivity index is 1.93. The van der Waals surface area contributed by atoms with E-state index in [1.54, 1.807) is 0 Å². The molecule has 1 saturated heterocycles. The fourth-order valence-corrected chi connectivity index (χ4v) is 2.49. The average molecular weight is 315 g/mol. The average Bonchev–Trinajstić information content (AvgIpc) is 2.73. The first-order valence-corrected chi connectivity index (χ1v) is 7.40. The van der Waals surface area contributed by atoms with Gasteiger partial charge in [0, 0.05) is 31.6 Å². The summed E-state index contributed by atoms with van der Waals surface area (Å²) in [5, 5.41) is 1.54. The molecule has 1 aromatic carbocycles. The van der Waals surface area contributed by atoms with Crippen LogP contribution in [0.25, 0.3) is 0 Å². The third kappa shape index (κ3) is 4.45. The van der Waals surface area contributed by atoms with Gasteiger partial charge in [0.25, 0.3) is 0 Å². The number of nitrogens with zero attached hydrogens (tertiary/aromatic N) is 1. The van der Waals surface area contributed by atoms with Crippen LogP contribution in [0.1, 0.15) is 31.2 Å². The maximum absolute atomic E-state index is 13.6. The van der Waals surface area contributed by atoms with Crippen molar-refractivity contribution in [2.45, 2.75) is 38.1 Å². The third-order valence-corrected chi connectivity index (χ3v) is 3.67. The zero-order valence-corrected chi connectivity index (χ0v) is 12.2. The molecule has 0 bridgehead atoms. The molecule has 1 fully saturated rings. The van der Waals surface area contributed by atoms with E-state index in [4.69, 9.17) is 5.73 Å². The molecular formula is C15H20F3N3O. The number of carbonyl (C=O) groups is 1. The van der Waals surface area contributed by atoms with Gasteiger partial charge in [-0.15, -0.1) is 0 Å². The number of benzene rings is 1. The Hall–Kier alpha value is -1.60. The van der Waals surface area contributed by atoms with Crippen LogP contribution in [0.5, 0.6) is 0 Å². The van der Waals surface area contributed by atoms with Gasteiger partial charge < -0.3 is 5.73 Å². The molecule has 1 atom stereocenters. The van der Waals surface area contributed by atoms with Crippen LogP contribution < -0.4 is 11.2 Å². The maximum atomic E-state index is 13.6. The Morgan fingerprint density at radius 1 is 1.18 bits per heavy atom. The molecule has 1 aliphatic rings. The highest BCUT2D eigenvalue weighted by atomic mass is 19.2. The summed E-state index contributed by atoms with van der Waals surface area (Å²) in [7, 11) is 0. The van der Waals surface area contributed by atoms with Gasteiger partial charge in [0.15, 0.2) is 11.6 Å². The molecular weight excluding hydrogens is 295 g/mol. The molecule has 0 aliphatic carbocycles. The van der Waals surface area contributed by atoms with Crippen LogP contribution in [0.4, 0.5) is 13.2 Å². The van der Waals surface area contributed by atoms with E-state index < -0.39 is 23.5 Å². The minimum Gasteiger partial charge on any atom is -0.327 e. The minimum atomic E-state index is -1.24. The molecule has 0 unspecified atom stereocenters. The third-order valence-electron chi connectivity index (χ3n) is 3.67. The highest BCUT2D eigenvalue weighted by molar-refractivity contribution is 5.76. The second-order valence-electron chi connectivity index (χ2n) is 5.54. The second-order valence-corrected chi connectivity index (χ2v) is 5.54. The van der Waals surface area contributed by atoms with Gasteiger partial charge in [0.05, 0.1) is 0 Å². The van der Waals surface area contributed by atoms with Crippen LogP contribution in [0.2, 0.25) is 0 Å². The summed E-state index contributed by atoms with van der Waals surface area (Å²) >= 11 is 0. The number of carbonyl (C=O) groups excluding carboxylic acids is 1. The largest absolute Gasteiger partial charge is 0.327 e. The molecule has 0 radical (unpaired) electrons. The standard InChI is InChI=1S/C15H20F3N3O/c16-12-9-14(18)13(17)7-10(12)6-11(19)8-15(22)21-5-3-1-2-4-20-21/h7,9,11,20H,1-6,8,19H2/t11-/m1/s1. The Morgan fingerprint density at radius 2 is 1.91 bits per heavy atom. The van der Waals surface area contributed by atoms with Gasteiger partial charge in [-0.2, -0.15) is 0 Å². The normalized spacial score (nSPS) is 17.2. The Kier molecular flexibility index (Phi) is 5.79. The number of nitrogens with one attached hydrogen (secondary N) is 1. The molecule has 122 valence electrons. The van der Waals surface area contributed by atoms with Crippen LogP contribution in [-0.4, -0.2) is 30.0 Å². The van der Waals surface area contributed by atoms with Crippen molar-refractivity contribution in [3.63, 3.8) is 0 Å². The molecule has 0 aromatic heterocycles. The summed E-state index contributed by atoms with van der Waals surface area (Å²) in [5.74, 6) is -3.38. The SMILES string of the molecule is N[C@@H](CC(=O)N1CCCCCN1)Cc1cc(F)c(F)cc1F. The smallest absolute Gasteiger partial charge is 0.238 e. The molecule has 7 heteroatoms. The Bertz CT molecular complexity index is 531. The number of nitrogens with two attached hydrogens (primary N) is 1. The van der Waals surface area contributed by atoms with Crippen LogP contribution >= 0.6 is 0 Å². The zero-order valence-electron chi connectivity index (χ0n) is 12.2. The van der Waals surface area contributed by atoms with Crippen molar-refractivity contribution in [3.8, 4) is 0 Å². The topological polar surface area (TPSA) is 58.4 Å². The van der Waals surface area contributed by atoms with Crippen LogP contribution in [0, 0.1) is 17.5 Å². The molecule has 1 aromatic rings. The van der Waals surface area contributed by atoms with Crippen molar-refractivity contribution in [1.29, 1.82) is 0 Å². The van der Waals surface area contributed by atoms with E-state index in [0.717, 1.165) is 31.9 Å². The van der Waals surface area contributed by atoms with E-state index >= 15 is 0 Å². The lowest BCUT2D eigenvalue weighted by Gasteiger charge is -2.23. The van der Waals surface area contributed by atoms with E-state index in [-0.39, 0.29) is 24.3 Å². The molecule has 1 amide bonds. The van der Waals surface area contributed by atoms with Crippen molar-refractivity contribution in [3.05, 3.63) is 35.1 Å². The van der Waals surface area contributed by atoms with Gasteiger partial charge in [-0.1, -0.05) is 6.42 Å². The van der Waals surface area contributed by atoms with Crippen molar-refractivity contribution >= 4 is 5.91 Å². The molecule has 0 spiro atoms. The van der Waals surface area contributed by atoms with E-state index in [1.165, 1.54) is 5.01 Å². The Morgan fingerprint density at radius 3 is 2.68 bits per heavy atom. The summed E-state index contributed by atoms with van der Waals surface area (Å²) in [6.45, 7) is 1.35. The lowest BCUT2D eigenvalue weighted by atomic mass is 10.0. The number of halogens is 3. The molecule has 4 nitrogen and oxygen atoms in total. The first kappa shape index (κ1) is 16.8. The maximum Gasteiger partial charge on any atom is 0.238 e. The molecule has 3 N–H and O–H groups in total. The van der Waals surface area contributed by atoms with Crippen molar-refractivity contribution in [2.75, 3.05) is 13.1 Å². The first-order valence-electron chi connectivity index (χ1n) is 7.40. The summed E-state index contributed by atoms with van der Waals surface area (Å²) in [4.78, 5) is 12.1. The van der Waals surface area contributed by atoms with Gasteiger partial charge in [-0.25, -0.2) is 18.6 Å². The molecule has 1 heterocycles. The Labute approximate surface area is 127 Å². The van der Waals surface area contributed by atoms with Crippen molar-refractivity contribution < 1.29 is 18.0 Å². The number of hydrazine groups is 1. The lowest BCUT2D eigenvalue weighted by molar-refractivity contribution is -0.134. The summed E-state index contributed by atoms with van der Waals surface area (Å²) in [6.07, 6.45) is 2.98. The lowest BCUT2D eigenvalue weighted by Crippen LogP contribution is -2.45. The molecule has 0 saturated carbocycles. The van der Waals surface area contributed by atoms with Crippen LogP contribution in [0.3, 0.4) is 0 Å². The number of amides is 1. The highest BCUT2D eigenvalue weighted by Gasteiger charge is 2.20. The van der Waals surface area contributed by atoms with E-state index in [2.05, 4.69) is 5.43 Å². The predicted octanol–water partition coefficient (Wildman–Crippen LogP) is 1.88. The van der Waals surface area contributed by atoms with E-state index in [1.807, 2.05) is 0 Å².